The summed E-state index contributed by atoms with van der Waals surface area (Å²) in [6.07, 6.45) is 2.48. The molecule has 0 spiro atoms. The van der Waals surface area contributed by atoms with Crippen LogP contribution in [-0.4, -0.2) is 5.97 Å². The van der Waals surface area contributed by atoms with E-state index in [1.165, 1.54) is 0 Å². The third kappa shape index (κ3) is 1.56. The Morgan fingerprint density at radius 1 is 1.78 bits per heavy atom. The molecule has 2 nitrogen and oxygen atoms in total. The number of carbonyl (C=O) groups is 1. The van der Waals surface area contributed by atoms with E-state index in [4.69, 9.17) is 4.74 Å². The Kier molecular flexibility index (Phi) is 1.56. The van der Waals surface area contributed by atoms with Gasteiger partial charge in [-0.05, 0) is 18.9 Å². The van der Waals surface area contributed by atoms with Crippen LogP contribution in [0, 0.1) is 5.92 Å². The first kappa shape index (κ1) is 6.33. The zero-order valence-corrected chi connectivity index (χ0v) is 5.68. The number of carbonyl (C=O) groups excluding carboxylic acids is 1. The highest BCUT2D eigenvalue weighted by atomic mass is 16.5. The molecule has 1 aliphatic rings. The van der Waals surface area contributed by atoms with E-state index >= 15 is 0 Å². The number of hydrogen-bond donors (Lipinski definition) is 0. The average Bonchev–Trinajstić information content (AvgIpc) is 1.59. The van der Waals surface area contributed by atoms with Gasteiger partial charge in [0.15, 0.2) is 0 Å². The molecule has 0 radical (unpaired) electrons. The van der Waals surface area contributed by atoms with Crippen molar-refractivity contribution in [3.63, 3.8) is 0 Å². The Morgan fingerprint density at radius 2 is 2.44 bits per heavy atom. The Bertz CT molecular complexity index is 158. The first-order valence-electron chi connectivity index (χ1n) is 3.07. The van der Waals surface area contributed by atoms with Crippen LogP contribution in [0.3, 0.4) is 0 Å². The topological polar surface area (TPSA) is 26.3 Å². The first-order valence-corrected chi connectivity index (χ1v) is 3.07. The summed E-state index contributed by atoms with van der Waals surface area (Å²) in [6, 6.07) is 0. The lowest BCUT2D eigenvalue weighted by molar-refractivity contribution is -0.141. The van der Waals surface area contributed by atoms with E-state index in [9.17, 15) is 4.79 Å². The van der Waals surface area contributed by atoms with Crippen molar-refractivity contribution in [3.8, 4) is 0 Å². The molecule has 0 saturated heterocycles. The van der Waals surface area contributed by atoms with Gasteiger partial charge < -0.3 is 4.74 Å². The molecule has 0 aromatic rings. The molecule has 1 rings (SSSR count). The van der Waals surface area contributed by atoms with Crippen molar-refractivity contribution < 1.29 is 9.53 Å². The maximum Gasteiger partial charge on any atom is 0.311 e. The molecule has 0 aliphatic carbocycles. The van der Waals surface area contributed by atoms with E-state index < -0.39 is 0 Å². The van der Waals surface area contributed by atoms with E-state index in [1.807, 2.05) is 13.0 Å². The van der Waals surface area contributed by atoms with Crippen molar-refractivity contribution in [1.82, 2.24) is 0 Å². The van der Waals surface area contributed by atoms with Crippen molar-refractivity contribution in [2.24, 2.45) is 5.92 Å². The average molecular weight is 126 g/mol. The molecule has 0 N–H and O–H groups in total. The van der Waals surface area contributed by atoms with E-state index in [1.54, 1.807) is 6.92 Å². The fourth-order valence-electron chi connectivity index (χ4n) is 0.978. The molecule has 50 valence electrons. The normalized spacial score (nSPS) is 27.1. The largest absolute Gasteiger partial charge is 0.432 e. The van der Waals surface area contributed by atoms with Gasteiger partial charge in [-0.2, -0.15) is 0 Å². The molecular formula is C7H10O2. The van der Waals surface area contributed by atoms with Crippen LogP contribution in [-0.2, 0) is 9.53 Å². The Labute approximate surface area is 54.5 Å². The van der Waals surface area contributed by atoms with Crippen LogP contribution in [0.5, 0.6) is 0 Å². The zero-order chi connectivity index (χ0) is 6.85. The van der Waals surface area contributed by atoms with E-state index in [2.05, 4.69) is 0 Å². The fourth-order valence-corrected chi connectivity index (χ4v) is 0.978. The molecule has 0 amide bonds. The number of ether oxygens (including phenoxy) is 1. The van der Waals surface area contributed by atoms with Crippen LogP contribution in [0.1, 0.15) is 20.3 Å². The summed E-state index contributed by atoms with van der Waals surface area (Å²) < 4.78 is 4.78. The van der Waals surface area contributed by atoms with Gasteiger partial charge in [0, 0.05) is 0 Å². The maximum absolute atomic E-state index is 10.6. The smallest absolute Gasteiger partial charge is 0.311 e. The summed E-state index contributed by atoms with van der Waals surface area (Å²) in [7, 11) is 0. The highest BCUT2D eigenvalue weighted by molar-refractivity contribution is 5.72. The Hall–Kier alpha value is -0.790. The fraction of sp³-hybridized carbons (Fsp3) is 0.571. The van der Waals surface area contributed by atoms with Crippen LogP contribution in [0.15, 0.2) is 11.8 Å². The SMILES string of the molecule is CC1=C[C@@H](C)CC(=O)O1. The Balaban J connectivity index is 2.67. The van der Waals surface area contributed by atoms with Gasteiger partial charge in [0.1, 0.15) is 5.76 Å². The lowest BCUT2D eigenvalue weighted by Crippen LogP contribution is -2.12. The van der Waals surface area contributed by atoms with Crippen LogP contribution in [0.2, 0.25) is 0 Å². The molecule has 1 heterocycles. The number of esters is 1. The maximum atomic E-state index is 10.6. The van der Waals surface area contributed by atoms with Crippen LogP contribution >= 0.6 is 0 Å². The van der Waals surface area contributed by atoms with E-state index in [-0.39, 0.29) is 5.97 Å². The number of cyclic esters (lactones) is 1. The van der Waals surface area contributed by atoms with Gasteiger partial charge in [0.2, 0.25) is 0 Å². The molecule has 0 unspecified atom stereocenters. The van der Waals surface area contributed by atoms with Crippen molar-refractivity contribution in [1.29, 1.82) is 0 Å². The van der Waals surface area contributed by atoms with Crippen LogP contribution in [0.25, 0.3) is 0 Å². The molecule has 0 bridgehead atoms. The molecule has 1 aliphatic heterocycles. The third-order valence-corrected chi connectivity index (χ3v) is 1.28. The van der Waals surface area contributed by atoms with Crippen molar-refractivity contribution in [2.45, 2.75) is 20.3 Å². The number of allylic oxidation sites excluding steroid dienone is 2. The minimum absolute atomic E-state index is 0.109. The summed E-state index contributed by atoms with van der Waals surface area (Å²) >= 11 is 0. The van der Waals surface area contributed by atoms with Gasteiger partial charge >= 0.3 is 5.97 Å². The van der Waals surface area contributed by atoms with Gasteiger partial charge in [0.25, 0.3) is 0 Å². The predicted octanol–water partition coefficient (Wildman–Crippen LogP) is 1.47. The van der Waals surface area contributed by atoms with E-state index in [0.717, 1.165) is 5.76 Å². The summed E-state index contributed by atoms with van der Waals surface area (Å²) in [5, 5.41) is 0. The zero-order valence-electron chi connectivity index (χ0n) is 5.68. The lowest BCUT2D eigenvalue weighted by atomic mass is 10.1. The summed E-state index contributed by atoms with van der Waals surface area (Å²) in [4.78, 5) is 10.6. The summed E-state index contributed by atoms with van der Waals surface area (Å²) in [5.74, 6) is 0.979. The van der Waals surface area contributed by atoms with Gasteiger partial charge in [-0.15, -0.1) is 0 Å². The molecule has 0 saturated carbocycles. The summed E-state index contributed by atoms with van der Waals surface area (Å²) in [6.45, 7) is 3.80. The van der Waals surface area contributed by atoms with Crippen LogP contribution in [0.4, 0.5) is 0 Å². The standard InChI is InChI=1S/C7H10O2/c1-5-3-6(2)9-7(8)4-5/h3,5H,4H2,1-2H3/t5-/m1/s1. The number of rotatable bonds is 0. The van der Waals surface area contributed by atoms with Gasteiger partial charge in [-0.3, -0.25) is 4.79 Å². The van der Waals surface area contributed by atoms with Crippen molar-refractivity contribution in [3.05, 3.63) is 11.8 Å². The summed E-state index contributed by atoms with van der Waals surface area (Å²) in [5.41, 5.74) is 0. The van der Waals surface area contributed by atoms with E-state index in [0.29, 0.717) is 12.3 Å². The van der Waals surface area contributed by atoms with Gasteiger partial charge in [0.05, 0.1) is 6.42 Å². The van der Waals surface area contributed by atoms with Crippen molar-refractivity contribution >= 4 is 5.97 Å². The first-order chi connectivity index (χ1) is 4.18. The molecule has 0 aromatic carbocycles. The molecule has 2 heteroatoms. The molecule has 0 fully saturated rings. The Morgan fingerprint density at radius 3 is 2.89 bits per heavy atom. The van der Waals surface area contributed by atoms with Crippen molar-refractivity contribution in [2.75, 3.05) is 0 Å². The molecule has 1 atom stereocenters. The van der Waals surface area contributed by atoms with Gasteiger partial charge in [-0.1, -0.05) is 6.92 Å². The quantitative estimate of drug-likeness (QED) is 0.459. The highest BCUT2D eigenvalue weighted by Gasteiger charge is 2.14. The van der Waals surface area contributed by atoms with Gasteiger partial charge in [-0.25, -0.2) is 0 Å². The minimum atomic E-state index is -0.109. The molecule has 9 heavy (non-hydrogen) atoms. The minimum Gasteiger partial charge on any atom is -0.432 e. The predicted molar refractivity (Wildman–Crippen MR) is 33.6 cm³/mol. The second kappa shape index (κ2) is 2.21. The second-order valence-electron chi connectivity index (χ2n) is 2.43. The number of hydrogen-bond acceptors (Lipinski definition) is 2. The lowest BCUT2D eigenvalue weighted by Gasteiger charge is -2.13. The molecule has 0 aromatic heterocycles. The third-order valence-electron chi connectivity index (χ3n) is 1.28. The monoisotopic (exact) mass is 126 g/mol. The highest BCUT2D eigenvalue weighted by Crippen LogP contribution is 2.15. The van der Waals surface area contributed by atoms with Crippen LogP contribution < -0.4 is 0 Å². The second-order valence-corrected chi connectivity index (χ2v) is 2.43. The molecular weight excluding hydrogens is 116 g/mol.